The van der Waals surface area contributed by atoms with Crippen LogP contribution in [-0.2, 0) is 4.79 Å². The number of aromatic nitrogens is 2. The lowest BCUT2D eigenvalue weighted by Crippen LogP contribution is -2.54. The molecule has 8 heteroatoms. The zero-order valence-corrected chi connectivity index (χ0v) is 16.4. The molecule has 1 amide bonds. The number of aryl methyl sites for hydroxylation is 1. The lowest BCUT2D eigenvalue weighted by Gasteiger charge is -2.42. The molecule has 1 aliphatic rings. The molecule has 28 heavy (non-hydrogen) atoms. The normalized spacial score (nSPS) is 18.6. The summed E-state index contributed by atoms with van der Waals surface area (Å²) in [5, 5.41) is 12.0. The summed E-state index contributed by atoms with van der Waals surface area (Å²) in [7, 11) is 1.60. The zero-order chi connectivity index (χ0) is 20.3. The molecule has 0 bridgehead atoms. The number of amides is 1. The Bertz CT molecular complexity index is 858. The minimum Gasteiger partial charge on any atom is -0.497 e. The number of imidazole rings is 1. The largest absolute Gasteiger partial charge is 0.497 e. The van der Waals surface area contributed by atoms with Gasteiger partial charge in [-0.3, -0.25) is 14.5 Å². The number of nitrogens with one attached hydrogen (secondary N) is 2. The first-order valence-electron chi connectivity index (χ1n) is 9.39. The van der Waals surface area contributed by atoms with E-state index in [-0.39, 0.29) is 24.5 Å². The van der Waals surface area contributed by atoms with Crippen molar-refractivity contribution in [3.8, 4) is 17.1 Å². The summed E-state index contributed by atoms with van der Waals surface area (Å²) < 4.78 is 5.24. The Morgan fingerprint density at radius 1 is 1.39 bits per heavy atom. The molecule has 2 aromatic rings. The molecule has 0 saturated heterocycles. The third-order valence-electron chi connectivity index (χ3n) is 5.15. The lowest BCUT2D eigenvalue weighted by atomic mass is 9.85. The molecule has 0 spiro atoms. The molecular formula is C20H26N4O4. The van der Waals surface area contributed by atoms with E-state index in [4.69, 9.17) is 9.84 Å². The average Bonchev–Trinajstić information content (AvgIpc) is 3.04. The first kappa shape index (κ1) is 19.9. The Morgan fingerprint density at radius 2 is 2.14 bits per heavy atom. The molecule has 0 radical (unpaired) electrons. The van der Waals surface area contributed by atoms with E-state index in [9.17, 15) is 9.59 Å². The molecule has 1 aliphatic carbocycles. The van der Waals surface area contributed by atoms with Gasteiger partial charge in [0.05, 0.1) is 13.7 Å². The van der Waals surface area contributed by atoms with Crippen molar-refractivity contribution in [1.82, 2.24) is 20.2 Å². The molecule has 1 fully saturated rings. The molecule has 1 heterocycles. The van der Waals surface area contributed by atoms with E-state index in [1.54, 1.807) is 7.11 Å². The van der Waals surface area contributed by atoms with Crippen LogP contribution in [0.15, 0.2) is 24.3 Å². The van der Waals surface area contributed by atoms with Crippen LogP contribution in [-0.4, -0.2) is 64.1 Å². The standard InChI is InChI=1S/C20H26N4O4/c1-4-24(11-17(25)26)15-9-14(10-15)22-20(27)18-12(2)21-19(23-18)13-6-5-7-16(8-13)28-3/h5-8,14-15H,4,9-11H2,1-3H3,(H,21,23)(H,22,27)(H,25,26). The van der Waals surface area contributed by atoms with Crippen molar-refractivity contribution in [3.63, 3.8) is 0 Å². The third-order valence-corrected chi connectivity index (χ3v) is 5.15. The highest BCUT2D eigenvalue weighted by Gasteiger charge is 2.35. The number of nitrogens with zero attached hydrogens (tertiary/aromatic N) is 2. The topological polar surface area (TPSA) is 108 Å². The van der Waals surface area contributed by atoms with Crippen LogP contribution in [0, 0.1) is 6.92 Å². The summed E-state index contributed by atoms with van der Waals surface area (Å²) in [6.07, 6.45) is 1.50. The summed E-state index contributed by atoms with van der Waals surface area (Å²) in [5.74, 6) is 0.297. The number of likely N-dealkylation sites (N-methyl/N-ethyl adjacent to an activating group) is 1. The number of methoxy groups -OCH3 is 1. The second kappa shape index (κ2) is 8.43. The van der Waals surface area contributed by atoms with Gasteiger partial charge >= 0.3 is 5.97 Å². The van der Waals surface area contributed by atoms with Crippen LogP contribution in [0.4, 0.5) is 0 Å². The maximum absolute atomic E-state index is 12.6. The van der Waals surface area contributed by atoms with Crippen LogP contribution in [0.5, 0.6) is 5.75 Å². The first-order chi connectivity index (χ1) is 13.4. The number of hydrogen-bond donors (Lipinski definition) is 3. The highest BCUT2D eigenvalue weighted by atomic mass is 16.5. The monoisotopic (exact) mass is 386 g/mol. The summed E-state index contributed by atoms with van der Waals surface area (Å²) in [5.41, 5.74) is 1.92. The lowest BCUT2D eigenvalue weighted by molar-refractivity contribution is -0.139. The van der Waals surface area contributed by atoms with Crippen molar-refractivity contribution in [3.05, 3.63) is 35.7 Å². The van der Waals surface area contributed by atoms with Crippen molar-refractivity contribution in [2.45, 2.75) is 38.8 Å². The van der Waals surface area contributed by atoms with Gasteiger partial charge in [0.15, 0.2) is 0 Å². The van der Waals surface area contributed by atoms with Crippen LogP contribution in [0.25, 0.3) is 11.4 Å². The van der Waals surface area contributed by atoms with E-state index >= 15 is 0 Å². The Morgan fingerprint density at radius 3 is 2.79 bits per heavy atom. The quantitative estimate of drug-likeness (QED) is 0.641. The Hall–Kier alpha value is -2.87. The van der Waals surface area contributed by atoms with Crippen LogP contribution in [0.1, 0.15) is 35.9 Å². The van der Waals surface area contributed by atoms with E-state index in [1.807, 2.05) is 43.0 Å². The van der Waals surface area contributed by atoms with Gasteiger partial charge in [0.2, 0.25) is 0 Å². The Kier molecular flexibility index (Phi) is 5.99. The van der Waals surface area contributed by atoms with Gasteiger partial charge in [-0.15, -0.1) is 0 Å². The van der Waals surface area contributed by atoms with Crippen molar-refractivity contribution < 1.29 is 19.4 Å². The van der Waals surface area contributed by atoms with Gasteiger partial charge in [-0.25, -0.2) is 4.98 Å². The maximum atomic E-state index is 12.6. The summed E-state index contributed by atoms with van der Waals surface area (Å²) in [6.45, 7) is 4.48. The fourth-order valence-electron chi connectivity index (χ4n) is 3.52. The highest BCUT2D eigenvalue weighted by Crippen LogP contribution is 2.27. The number of ether oxygens (including phenoxy) is 1. The molecule has 0 unspecified atom stereocenters. The molecule has 1 saturated carbocycles. The molecule has 3 N–H and O–H groups in total. The van der Waals surface area contributed by atoms with Crippen molar-refractivity contribution in [2.75, 3.05) is 20.2 Å². The number of benzene rings is 1. The number of aliphatic carboxylic acids is 1. The predicted octanol–water partition coefficient (Wildman–Crippen LogP) is 2.06. The number of H-pyrrole nitrogens is 1. The number of carbonyl (C=O) groups excluding carboxylic acids is 1. The van der Waals surface area contributed by atoms with Crippen LogP contribution >= 0.6 is 0 Å². The zero-order valence-electron chi connectivity index (χ0n) is 16.4. The van der Waals surface area contributed by atoms with E-state index in [1.165, 1.54) is 0 Å². The minimum atomic E-state index is -0.827. The molecule has 0 aliphatic heterocycles. The van der Waals surface area contributed by atoms with Crippen molar-refractivity contribution in [1.29, 1.82) is 0 Å². The molecule has 0 atom stereocenters. The van der Waals surface area contributed by atoms with Gasteiger partial charge in [-0.1, -0.05) is 19.1 Å². The van der Waals surface area contributed by atoms with Crippen LogP contribution in [0.2, 0.25) is 0 Å². The minimum absolute atomic E-state index is 0.0319. The van der Waals surface area contributed by atoms with E-state index in [0.717, 1.165) is 24.2 Å². The van der Waals surface area contributed by atoms with E-state index in [2.05, 4.69) is 15.3 Å². The van der Waals surface area contributed by atoms with Crippen LogP contribution < -0.4 is 10.1 Å². The number of carboxylic acid groups (broad SMARTS) is 1. The van der Waals surface area contributed by atoms with E-state index in [0.29, 0.717) is 23.8 Å². The molecule has 8 nitrogen and oxygen atoms in total. The summed E-state index contributed by atoms with van der Waals surface area (Å²) in [4.78, 5) is 33.1. The molecule has 3 rings (SSSR count). The van der Waals surface area contributed by atoms with Crippen molar-refractivity contribution in [2.24, 2.45) is 0 Å². The molecular weight excluding hydrogens is 360 g/mol. The SMILES string of the molecule is CCN(CC(=O)O)C1CC(NC(=O)c2nc(-c3cccc(OC)c3)[nH]c2C)C1. The highest BCUT2D eigenvalue weighted by molar-refractivity contribution is 5.94. The first-order valence-corrected chi connectivity index (χ1v) is 9.39. The Balaban J connectivity index is 1.61. The van der Waals surface area contributed by atoms with Crippen LogP contribution in [0.3, 0.4) is 0 Å². The smallest absolute Gasteiger partial charge is 0.317 e. The summed E-state index contributed by atoms with van der Waals surface area (Å²) in [6, 6.07) is 7.72. The van der Waals surface area contributed by atoms with Gasteiger partial charge < -0.3 is 20.1 Å². The molecule has 1 aromatic carbocycles. The van der Waals surface area contributed by atoms with Gasteiger partial charge in [-0.05, 0) is 38.4 Å². The summed E-state index contributed by atoms with van der Waals surface area (Å²) >= 11 is 0. The predicted molar refractivity (Wildman–Crippen MR) is 104 cm³/mol. The number of aromatic amines is 1. The number of carbonyl (C=O) groups is 2. The fraction of sp³-hybridized carbons (Fsp3) is 0.450. The second-order valence-corrected chi connectivity index (χ2v) is 7.04. The number of rotatable bonds is 8. The van der Waals surface area contributed by atoms with Gasteiger partial charge in [0, 0.05) is 23.3 Å². The van der Waals surface area contributed by atoms with Gasteiger partial charge in [0.25, 0.3) is 5.91 Å². The van der Waals surface area contributed by atoms with E-state index < -0.39 is 5.97 Å². The van der Waals surface area contributed by atoms with Gasteiger partial charge in [0.1, 0.15) is 17.3 Å². The molecule has 1 aromatic heterocycles. The number of hydrogen-bond acceptors (Lipinski definition) is 5. The average molecular weight is 386 g/mol. The fourth-order valence-corrected chi connectivity index (χ4v) is 3.52. The van der Waals surface area contributed by atoms with Crippen molar-refractivity contribution >= 4 is 11.9 Å². The molecule has 150 valence electrons. The maximum Gasteiger partial charge on any atom is 0.317 e. The second-order valence-electron chi connectivity index (χ2n) is 7.04. The Labute approximate surface area is 163 Å². The third kappa shape index (κ3) is 4.33. The number of carboxylic acids is 1. The van der Waals surface area contributed by atoms with Gasteiger partial charge in [-0.2, -0.15) is 0 Å².